The van der Waals surface area contributed by atoms with E-state index in [9.17, 15) is 32.3 Å². The van der Waals surface area contributed by atoms with E-state index in [2.05, 4.69) is 10.3 Å². The monoisotopic (exact) mass is 695 g/mol. The number of pyridine rings is 1. The van der Waals surface area contributed by atoms with Crippen molar-refractivity contribution in [3.63, 3.8) is 0 Å². The summed E-state index contributed by atoms with van der Waals surface area (Å²) in [5, 5.41) is 2.12. The Morgan fingerprint density at radius 1 is 1.04 bits per heavy atom. The fourth-order valence-corrected chi connectivity index (χ4v) is 5.70. The minimum absolute atomic E-state index is 0.0504. The fourth-order valence-electron chi connectivity index (χ4n) is 5.70. The summed E-state index contributed by atoms with van der Waals surface area (Å²) in [6.45, 7) is 0.372. The van der Waals surface area contributed by atoms with Crippen LogP contribution in [-0.2, 0) is 23.0 Å². The Kier molecular flexibility index (Phi) is 9.94. The lowest BCUT2D eigenvalue weighted by atomic mass is 9.98. The molecular weight excluding hydrogens is 667 g/mol. The van der Waals surface area contributed by atoms with Gasteiger partial charge in [-0.15, -0.1) is 0 Å². The maximum Gasteiger partial charge on any atom is 0.411 e. The zero-order valence-corrected chi connectivity index (χ0v) is 25.9. The number of benzene rings is 2. The van der Waals surface area contributed by atoms with Gasteiger partial charge in [-0.2, -0.15) is 13.2 Å². The van der Waals surface area contributed by atoms with Gasteiger partial charge < -0.3 is 15.0 Å². The van der Waals surface area contributed by atoms with Gasteiger partial charge in [0.25, 0.3) is 11.5 Å². The lowest BCUT2D eigenvalue weighted by Gasteiger charge is -2.38. The maximum atomic E-state index is 15.5. The summed E-state index contributed by atoms with van der Waals surface area (Å²) in [4.78, 5) is 56.7. The predicted octanol–water partition coefficient (Wildman–Crippen LogP) is 4.12. The van der Waals surface area contributed by atoms with Gasteiger partial charge in [0, 0.05) is 31.9 Å². The highest BCUT2D eigenvalue weighted by atomic mass is 19.4. The van der Waals surface area contributed by atoms with Crippen molar-refractivity contribution >= 4 is 28.3 Å². The van der Waals surface area contributed by atoms with Gasteiger partial charge >= 0.3 is 11.9 Å². The molecule has 10 nitrogen and oxygen atoms in total. The number of rotatable bonds is 9. The molecule has 4 aromatic rings. The van der Waals surface area contributed by atoms with Crippen molar-refractivity contribution < 1.29 is 45.1 Å². The number of alkyl halides is 3. The van der Waals surface area contributed by atoms with Gasteiger partial charge in [-0.1, -0.05) is 6.92 Å². The van der Waals surface area contributed by atoms with Crippen LogP contribution >= 0.6 is 0 Å². The van der Waals surface area contributed by atoms with E-state index in [1.165, 1.54) is 25.5 Å². The summed E-state index contributed by atoms with van der Waals surface area (Å²) in [6, 6.07) is 0.124. The Labute approximate surface area is 272 Å². The average Bonchev–Trinajstić information content (AvgIpc) is 3.04. The molecule has 0 unspecified atom stereocenters. The number of Topliss-reactive ketones (excluding diaryl/α,β-unsaturated/α-hetero) is 1. The number of carbonyl (C=O) groups is 2. The van der Waals surface area contributed by atoms with Gasteiger partial charge in [0.1, 0.15) is 28.9 Å². The molecule has 0 spiro atoms. The molecule has 3 heterocycles. The van der Waals surface area contributed by atoms with Crippen LogP contribution in [0.1, 0.15) is 35.7 Å². The second-order valence-electron chi connectivity index (χ2n) is 11.3. The molecule has 2 atom stereocenters. The highest BCUT2D eigenvalue weighted by Gasteiger charge is 2.46. The molecule has 0 bridgehead atoms. The first kappa shape index (κ1) is 35.3. The SMILES string of the molecule is CCCC(=O)[C@H](Cc1cc(F)c(-n2c(=O)c3ccncc3n(C)c2=O)c(F)c1)NC(=O)c1c(F)cc(N2CCOC[C@@H]2C(F)(F)F)cc1F. The third-order valence-electron chi connectivity index (χ3n) is 8.10. The first-order chi connectivity index (χ1) is 23.1. The zero-order chi connectivity index (χ0) is 35.8. The number of ketones is 1. The van der Waals surface area contributed by atoms with Crippen molar-refractivity contribution in [2.45, 2.75) is 44.4 Å². The Morgan fingerprint density at radius 3 is 2.31 bits per heavy atom. The number of nitrogens with one attached hydrogen (secondary N) is 1. The molecule has 1 amide bonds. The van der Waals surface area contributed by atoms with Crippen LogP contribution in [0.15, 0.2) is 52.3 Å². The van der Waals surface area contributed by atoms with E-state index >= 15 is 17.6 Å². The maximum absolute atomic E-state index is 15.5. The Morgan fingerprint density at radius 2 is 1.69 bits per heavy atom. The van der Waals surface area contributed by atoms with Gasteiger partial charge in [-0.25, -0.2) is 26.9 Å². The summed E-state index contributed by atoms with van der Waals surface area (Å²) in [6.07, 6.45) is -2.74. The van der Waals surface area contributed by atoms with Crippen LogP contribution in [-0.4, -0.2) is 63.8 Å². The quantitative estimate of drug-likeness (QED) is 0.262. The van der Waals surface area contributed by atoms with Crippen LogP contribution in [0.5, 0.6) is 0 Å². The largest absolute Gasteiger partial charge is 0.411 e. The van der Waals surface area contributed by atoms with Crippen molar-refractivity contribution in [3.8, 4) is 5.69 Å². The number of fused-ring (bicyclic) bond motifs is 1. The van der Waals surface area contributed by atoms with Crippen LogP contribution in [0.25, 0.3) is 16.6 Å². The summed E-state index contributed by atoms with van der Waals surface area (Å²) in [5.41, 5.74) is -4.86. The number of halogens is 7. The molecule has 5 rings (SSSR count). The standard InChI is InChI=1S/C32H28F7N5O5/c1-3-4-25(45)23(41-29(46)27-19(33)12-17(13-20(27)34)43-7-8-49-15-26(43)32(37,38)39)11-16-9-21(35)28(22(36)10-16)44-30(47)18-5-6-40-14-24(18)42(2)31(44)48/h5-6,9-10,12-14,23,26H,3-4,7-8,11,15H2,1-2H3,(H,41,46)/t23-,26+/m0/s1. The second kappa shape index (κ2) is 13.8. The van der Waals surface area contributed by atoms with Crippen molar-refractivity contribution in [1.29, 1.82) is 0 Å². The van der Waals surface area contributed by atoms with E-state index in [1.807, 2.05) is 0 Å². The molecule has 0 radical (unpaired) electrons. The van der Waals surface area contributed by atoms with E-state index in [0.29, 0.717) is 21.6 Å². The fraction of sp³-hybridized carbons (Fsp3) is 0.344. The van der Waals surface area contributed by atoms with E-state index in [0.717, 1.165) is 16.7 Å². The number of aryl methyl sites for hydroxylation is 1. The number of anilines is 1. The minimum Gasteiger partial charge on any atom is -0.377 e. The number of ether oxygens (including phenoxy) is 1. The molecule has 1 aliphatic rings. The first-order valence-electron chi connectivity index (χ1n) is 14.9. The number of amides is 1. The van der Waals surface area contributed by atoms with E-state index in [4.69, 9.17) is 4.74 Å². The number of hydrogen-bond donors (Lipinski definition) is 1. The van der Waals surface area contributed by atoms with E-state index in [-0.39, 0.29) is 42.5 Å². The molecule has 1 fully saturated rings. The predicted molar refractivity (Wildman–Crippen MR) is 162 cm³/mol. The number of nitrogens with zero attached hydrogens (tertiary/aromatic N) is 4. The smallest absolute Gasteiger partial charge is 0.377 e. The third-order valence-corrected chi connectivity index (χ3v) is 8.10. The summed E-state index contributed by atoms with van der Waals surface area (Å²) < 4.78 is 108. The molecule has 2 aromatic heterocycles. The highest BCUT2D eigenvalue weighted by Crippen LogP contribution is 2.33. The van der Waals surface area contributed by atoms with Crippen molar-refractivity contribution in [2.24, 2.45) is 7.05 Å². The van der Waals surface area contributed by atoms with Gasteiger partial charge in [0.15, 0.2) is 17.4 Å². The van der Waals surface area contributed by atoms with Crippen LogP contribution < -0.4 is 21.5 Å². The van der Waals surface area contributed by atoms with Gasteiger partial charge in [0.2, 0.25) is 0 Å². The zero-order valence-electron chi connectivity index (χ0n) is 25.9. The Hall–Kier alpha value is -5.06. The number of aromatic nitrogens is 3. The highest BCUT2D eigenvalue weighted by molar-refractivity contribution is 5.98. The molecule has 2 aromatic carbocycles. The topological polar surface area (TPSA) is 116 Å². The first-order valence-corrected chi connectivity index (χ1v) is 14.9. The molecule has 0 aliphatic carbocycles. The number of hydrogen-bond acceptors (Lipinski definition) is 7. The summed E-state index contributed by atoms with van der Waals surface area (Å²) in [7, 11) is 1.28. The lowest BCUT2D eigenvalue weighted by Crippen LogP contribution is -2.53. The second-order valence-corrected chi connectivity index (χ2v) is 11.3. The van der Waals surface area contributed by atoms with Crippen LogP contribution in [0.4, 0.5) is 36.4 Å². The Balaban J connectivity index is 1.45. The van der Waals surface area contributed by atoms with Crippen molar-refractivity contribution in [3.05, 3.63) is 98.0 Å². The minimum atomic E-state index is -4.79. The van der Waals surface area contributed by atoms with Gasteiger partial charge in [-0.05, 0) is 48.7 Å². The summed E-state index contributed by atoms with van der Waals surface area (Å²) in [5.74, 6) is -7.84. The normalized spacial score (nSPS) is 15.8. The molecule has 0 saturated carbocycles. The van der Waals surface area contributed by atoms with Crippen LogP contribution in [0, 0.1) is 23.3 Å². The van der Waals surface area contributed by atoms with Crippen molar-refractivity contribution in [2.75, 3.05) is 24.7 Å². The van der Waals surface area contributed by atoms with Gasteiger partial charge in [0.05, 0.1) is 36.4 Å². The van der Waals surface area contributed by atoms with Crippen LogP contribution in [0.2, 0.25) is 0 Å². The van der Waals surface area contributed by atoms with Crippen LogP contribution in [0.3, 0.4) is 0 Å². The number of carbonyl (C=O) groups excluding carboxylic acids is 2. The summed E-state index contributed by atoms with van der Waals surface area (Å²) >= 11 is 0. The molecule has 1 aliphatic heterocycles. The molecule has 49 heavy (non-hydrogen) atoms. The average molecular weight is 696 g/mol. The third kappa shape index (κ3) is 6.93. The lowest BCUT2D eigenvalue weighted by molar-refractivity contribution is -0.167. The van der Waals surface area contributed by atoms with E-state index in [1.54, 1.807) is 6.92 Å². The number of morpholine rings is 1. The molecule has 260 valence electrons. The molecular formula is C32H28F7N5O5. The van der Waals surface area contributed by atoms with Gasteiger partial charge in [-0.3, -0.25) is 23.9 Å². The van der Waals surface area contributed by atoms with Crippen molar-refractivity contribution in [1.82, 2.24) is 19.4 Å². The van der Waals surface area contributed by atoms with E-state index < -0.39 is 94.4 Å². The molecule has 1 saturated heterocycles. The Bertz CT molecular complexity index is 2020. The molecule has 17 heteroatoms. The molecule has 1 N–H and O–H groups in total.